The average Bonchev–Trinajstić information content (AvgIpc) is 2.87. The summed E-state index contributed by atoms with van der Waals surface area (Å²) in [7, 11) is -1.27. The second-order valence-electron chi connectivity index (χ2n) is 7.56. The first-order chi connectivity index (χ1) is 16.6. The van der Waals surface area contributed by atoms with Crippen molar-refractivity contribution in [2.24, 2.45) is 0 Å². The van der Waals surface area contributed by atoms with Crippen LogP contribution in [0.5, 0.6) is 5.75 Å². The van der Waals surface area contributed by atoms with Gasteiger partial charge in [-0.25, -0.2) is 18.0 Å². The van der Waals surface area contributed by atoms with Gasteiger partial charge in [-0.2, -0.15) is 4.31 Å². The van der Waals surface area contributed by atoms with E-state index in [9.17, 15) is 22.8 Å². The minimum absolute atomic E-state index is 0.0551. The number of hydrogen-bond acceptors (Lipinski definition) is 9. The van der Waals surface area contributed by atoms with Crippen LogP contribution >= 0.6 is 0 Å². The van der Waals surface area contributed by atoms with Gasteiger partial charge in [0.25, 0.3) is 5.91 Å². The number of amides is 1. The molecule has 3 rings (SSSR count). The highest BCUT2D eigenvalue weighted by Gasteiger charge is 2.26. The van der Waals surface area contributed by atoms with Crippen LogP contribution in [0.3, 0.4) is 0 Å². The van der Waals surface area contributed by atoms with Crippen molar-refractivity contribution in [3.8, 4) is 5.75 Å². The van der Waals surface area contributed by atoms with Gasteiger partial charge in [0, 0.05) is 18.8 Å². The minimum atomic E-state index is -3.66. The molecule has 0 spiro atoms. The highest BCUT2D eigenvalue weighted by molar-refractivity contribution is 7.89. The Morgan fingerprint density at radius 1 is 0.971 bits per heavy atom. The third-order valence-corrected chi connectivity index (χ3v) is 7.07. The maximum Gasteiger partial charge on any atom is 0.337 e. The molecule has 35 heavy (non-hydrogen) atoms. The number of sulfonamides is 1. The Kier molecular flexibility index (Phi) is 8.43. The Morgan fingerprint density at radius 3 is 2.11 bits per heavy atom. The van der Waals surface area contributed by atoms with E-state index in [0.717, 1.165) is 0 Å². The molecule has 1 amide bonds. The number of nitrogens with one attached hydrogen (secondary N) is 1. The Morgan fingerprint density at radius 2 is 1.57 bits per heavy atom. The molecule has 1 N–H and O–H groups in total. The van der Waals surface area contributed by atoms with E-state index < -0.39 is 34.5 Å². The van der Waals surface area contributed by atoms with Gasteiger partial charge in [0.2, 0.25) is 10.0 Å². The van der Waals surface area contributed by atoms with Crippen LogP contribution in [0.25, 0.3) is 0 Å². The number of nitrogens with zero attached hydrogens (tertiary/aromatic N) is 1. The Labute approximate surface area is 203 Å². The first kappa shape index (κ1) is 26.1. The minimum Gasteiger partial charge on any atom is -0.483 e. The number of ether oxygens (including phenoxy) is 4. The molecule has 1 saturated heterocycles. The second kappa shape index (κ2) is 11.3. The van der Waals surface area contributed by atoms with Crippen molar-refractivity contribution in [2.45, 2.75) is 11.8 Å². The third kappa shape index (κ3) is 6.35. The van der Waals surface area contributed by atoms with Crippen LogP contribution in [-0.2, 0) is 29.0 Å². The highest BCUT2D eigenvalue weighted by atomic mass is 32.2. The molecular formula is C23H26N2O9S. The summed E-state index contributed by atoms with van der Waals surface area (Å²) in [6, 6.07) is 8.40. The number of hydrogen-bond donors (Lipinski definition) is 1. The van der Waals surface area contributed by atoms with Crippen LogP contribution in [0.15, 0.2) is 41.3 Å². The van der Waals surface area contributed by atoms with Crippen molar-refractivity contribution in [2.75, 3.05) is 52.4 Å². The summed E-state index contributed by atoms with van der Waals surface area (Å²) >= 11 is 0. The molecule has 0 aromatic heterocycles. The molecule has 1 aliphatic heterocycles. The summed E-state index contributed by atoms with van der Waals surface area (Å²) < 4.78 is 47.1. The van der Waals surface area contributed by atoms with Crippen LogP contribution in [-0.4, -0.2) is 77.7 Å². The lowest BCUT2D eigenvalue weighted by atomic mass is 10.1. The number of rotatable bonds is 8. The molecule has 0 saturated carbocycles. The summed E-state index contributed by atoms with van der Waals surface area (Å²) in [5.74, 6) is -1.61. The molecule has 11 nitrogen and oxygen atoms in total. The van der Waals surface area contributed by atoms with Gasteiger partial charge in [0.1, 0.15) is 5.75 Å². The summed E-state index contributed by atoms with van der Waals surface area (Å²) in [4.78, 5) is 36.4. The Bertz CT molecular complexity index is 1190. The van der Waals surface area contributed by atoms with Gasteiger partial charge in [-0.3, -0.25) is 4.79 Å². The molecule has 0 unspecified atom stereocenters. The number of carbonyl (C=O) groups excluding carboxylic acids is 3. The molecule has 1 aliphatic rings. The predicted octanol–water partition coefficient (Wildman–Crippen LogP) is 1.61. The average molecular weight is 507 g/mol. The molecule has 0 atom stereocenters. The van der Waals surface area contributed by atoms with Gasteiger partial charge in [-0.05, 0) is 48.9 Å². The Balaban J connectivity index is 1.69. The first-order valence-corrected chi connectivity index (χ1v) is 12.0. The number of anilines is 1. The van der Waals surface area contributed by atoms with E-state index in [0.29, 0.717) is 24.5 Å². The fraction of sp³-hybridized carbons (Fsp3) is 0.348. The molecule has 188 valence electrons. The van der Waals surface area contributed by atoms with Gasteiger partial charge in [0.05, 0.1) is 43.5 Å². The lowest BCUT2D eigenvalue weighted by Crippen LogP contribution is -2.40. The number of benzene rings is 2. The van der Waals surface area contributed by atoms with Crippen LogP contribution in [0.2, 0.25) is 0 Å². The van der Waals surface area contributed by atoms with Crippen molar-refractivity contribution in [1.82, 2.24) is 4.31 Å². The van der Waals surface area contributed by atoms with E-state index in [-0.39, 0.29) is 34.8 Å². The van der Waals surface area contributed by atoms with E-state index >= 15 is 0 Å². The lowest BCUT2D eigenvalue weighted by molar-refractivity contribution is -0.118. The number of esters is 2. The topological polar surface area (TPSA) is 138 Å². The molecule has 1 heterocycles. The van der Waals surface area contributed by atoms with Crippen molar-refractivity contribution in [1.29, 1.82) is 0 Å². The summed E-state index contributed by atoms with van der Waals surface area (Å²) in [6.45, 7) is 2.54. The van der Waals surface area contributed by atoms with E-state index in [2.05, 4.69) is 14.8 Å². The zero-order valence-corrected chi connectivity index (χ0v) is 20.3. The monoisotopic (exact) mass is 506 g/mol. The summed E-state index contributed by atoms with van der Waals surface area (Å²) in [6.07, 6.45) is 0. The number of carbonyl (C=O) groups is 3. The van der Waals surface area contributed by atoms with E-state index in [1.807, 2.05) is 0 Å². The maximum absolute atomic E-state index is 12.8. The van der Waals surface area contributed by atoms with E-state index in [1.165, 1.54) is 54.9 Å². The molecule has 1 fully saturated rings. The molecule has 2 aromatic rings. The molecular weight excluding hydrogens is 480 g/mol. The fourth-order valence-corrected chi connectivity index (χ4v) is 4.89. The third-order valence-electron chi connectivity index (χ3n) is 5.17. The van der Waals surface area contributed by atoms with E-state index in [1.54, 1.807) is 6.92 Å². The second-order valence-corrected chi connectivity index (χ2v) is 9.50. The largest absolute Gasteiger partial charge is 0.483 e. The molecule has 0 radical (unpaired) electrons. The SMILES string of the molecule is COC(=O)c1cc(NC(=O)COc2ccc(S(=O)(=O)N3CCOCC3)cc2C)cc(C(=O)OC)c1. The van der Waals surface area contributed by atoms with Crippen molar-refractivity contribution in [3.05, 3.63) is 53.1 Å². The first-order valence-electron chi connectivity index (χ1n) is 10.6. The van der Waals surface area contributed by atoms with Gasteiger partial charge < -0.3 is 24.3 Å². The zero-order valence-electron chi connectivity index (χ0n) is 19.5. The van der Waals surface area contributed by atoms with Gasteiger partial charge in [-0.15, -0.1) is 0 Å². The maximum atomic E-state index is 12.8. The van der Waals surface area contributed by atoms with Crippen LogP contribution in [0, 0.1) is 6.92 Å². The summed E-state index contributed by atoms with van der Waals surface area (Å²) in [5, 5.41) is 2.56. The zero-order chi connectivity index (χ0) is 25.6. The van der Waals surface area contributed by atoms with Crippen LogP contribution < -0.4 is 10.1 Å². The normalized spacial score (nSPS) is 14.1. The number of aryl methyl sites for hydroxylation is 1. The molecule has 2 aromatic carbocycles. The van der Waals surface area contributed by atoms with Gasteiger partial charge in [-0.1, -0.05) is 0 Å². The molecule has 0 bridgehead atoms. The Hall–Kier alpha value is -3.48. The quantitative estimate of drug-likeness (QED) is 0.529. The standard InChI is InChI=1S/C23H26N2O9S/c1-15-10-19(35(29,30)25-6-8-33-9-7-25)4-5-20(15)34-14-21(26)24-18-12-16(22(27)31-2)11-17(13-18)23(28)32-3/h4-5,10-13H,6-9,14H2,1-3H3,(H,24,26). The number of methoxy groups -OCH3 is 2. The molecule has 0 aliphatic carbocycles. The smallest absolute Gasteiger partial charge is 0.337 e. The van der Waals surface area contributed by atoms with Gasteiger partial charge >= 0.3 is 11.9 Å². The van der Waals surface area contributed by atoms with Crippen molar-refractivity contribution < 1.29 is 41.7 Å². The van der Waals surface area contributed by atoms with Crippen molar-refractivity contribution >= 4 is 33.6 Å². The van der Waals surface area contributed by atoms with Gasteiger partial charge in [0.15, 0.2) is 6.61 Å². The van der Waals surface area contributed by atoms with Crippen LogP contribution in [0.1, 0.15) is 26.3 Å². The van der Waals surface area contributed by atoms with E-state index in [4.69, 9.17) is 9.47 Å². The lowest BCUT2D eigenvalue weighted by Gasteiger charge is -2.26. The summed E-state index contributed by atoms with van der Waals surface area (Å²) in [5.41, 5.74) is 0.817. The highest BCUT2D eigenvalue weighted by Crippen LogP contribution is 2.25. The molecule has 12 heteroatoms. The van der Waals surface area contributed by atoms with Crippen molar-refractivity contribution in [3.63, 3.8) is 0 Å². The fourth-order valence-electron chi connectivity index (χ4n) is 3.39. The predicted molar refractivity (Wildman–Crippen MR) is 124 cm³/mol. The number of morpholine rings is 1. The van der Waals surface area contributed by atoms with Crippen LogP contribution in [0.4, 0.5) is 5.69 Å².